The Hall–Kier alpha value is -2.77. The number of hydrogen-bond donors (Lipinski definition) is 0. The van der Waals surface area contributed by atoms with E-state index < -0.39 is 12.2 Å². The minimum atomic E-state index is -2.71. The summed E-state index contributed by atoms with van der Waals surface area (Å²) < 4.78 is 32.9. The van der Waals surface area contributed by atoms with Gasteiger partial charge in [0.2, 0.25) is 5.82 Å². The fourth-order valence-corrected chi connectivity index (χ4v) is 2.82. The van der Waals surface area contributed by atoms with Crippen molar-refractivity contribution in [2.24, 2.45) is 0 Å². The van der Waals surface area contributed by atoms with E-state index in [2.05, 4.69) is 15.3 Å². The molecule has 1 aliphatic rings. The van der Waals surface area contributed by atoms with Gasteiger partial charge in [-0.3, -0.25) is 0 Å². The first-order valence-corrected chi connectivity index (χ1v) is 7.68. The lowest BCUT2D eigenvalue weighted by Gasteiger charge is -2.18. The number of rotatable bonds is 4. The van der Waals surface area contributed by atoms with Crippen molar-refractivity contribution in [2.75, 3.05) is 18.0 Å². The van der Waals surface area contributed by atoms with Gasteiger partial charge in [-0.2, -0.15) is 4.52 Å². The molecule has 1 aromatic carbocycles. The van der Waals surface area contributed by atoms with Crippen molar-refractivity contribution in [3.05, 3.63) is 48.3 Å². The van der Waals surface area contributed by atoms with Crippen LogP contribution in [0.3, 0.4) is 0 Å². The summed E-state index contributed by atoms with van der Waals surface area (Å²) in [6.07, 6.45) is -1.82. The maximum absolute atomic E-state index is 12.9. The monoisotopic (exact) mass is 331 g/mol. The van der Waals surface area contributed by atoms with Crippen molar-refractivity contribution in [3.63, 3.8) is 0 Å². The number of para-hydroxylation sites is 1. The van der Waals surface area contributed by atoms with Crippen LogP contribution in [0.5, 0.6) is 5.75 Å². The van der Waals surface area contributed by atoms with Crippen LogP contribution in [0, 0.1) is 0 Å². The highest BCUT2D eigenvalue weighted by Crippen LogP contribution is 2.23. The molecule has 3 heterocycles. The molecule has 3 aromatic rings. The fourth-order valence-electron chi connectivity index (χ4n) is 2.82. The molecule has 0 bridgehead atoms. The van der Waals surface area contributed by atoms with Crippen LogP contribution in [0.15, 0.2) is 42.5 Å². The number of anilines is 1. The first-order valence-electron chi connectivity index (χ1n) is 7.68. The lowest BCUT2D eigenvalue weighted by Crippen LogP contribution is -2.25. The van der Waals surface area contributed by atoms with E-state index in [9.17, 15) is 8.78 Å². The van der Waals surface area contributed by atoms with Crippen molar-refractivity contribution < 1.29 is 13.5 Å². The van der Waals surface area contributed by atoms with E-state index in [1.54, 1.807) is 12.1 Å². The number of alkyl halides is 2. The minimum absolute atomic E-state index is 0.0420. The maximum atomic E-state index is 12.9. The Morgan fingerprint density at radius 1 is 1.08 bits per heavy atom. The molecule has 0 N–H and O–H groups in total. The van der Waals surface area contributed by atoms with E-state index in [-0.39, 0.29) is 6.10 Å². The van der Waals surface area contributed by atoms with Crippen LogP contribution >= 0.6 is 0 Å². The second-order valence-corrected chi connectivity index (χ2v) is 5.61. The molecule has 0 saturated carbocycles. The number of halogens is 2. The van der Waals surface area contributed by atoms with Gasteiger partial charge in [0.15, 0.2) is 5.65 Å². The van der Waals surface area contributed by atoms with Crippen LogP contribution in [0.4, 0.5) is 14.6 Å². The number of ether oxygens (including phenoxy) is 1. The van der Waals surface area contributed by atoms with Crippen LogP contribution in [0.25, 0.3) is 5.65 Å². The molecule has 0 spiro atoms. The van der Waals surface area contributed by atoms with Gasteiger partial charge in [0.1, 0.15) is 17.7 Å². The van der Waals surface area contributed by atoms with E-state index in [0.29, 0.717) is 18.0 Å². The zero-order chi connectivity index (χ0) is 16.5. The summed E-state index contributed by atoms with van der Waals surface area (Å²) in [7, 11) is 0. The molecule has 0 unspecified atom stereocenters. The number of aromatic nitrogens is 4. The number of benzene rings is 1. The third-order valence-corrected chi connectivity index (χ3v) is 3.98. The van der Waals surface area contributed by atoms with Crippen LogP contribution < -0.4 is 9.64 Å². The van der Waals surface area contributed by atoms with E-state index in [1.165, 1.54) is 0 Å². The second-order valence-electron chi connectivity index (χ2n) is 5.61. The fraction of sp³-hybridized carbons (Fsp3) is 0.312. The number of nitrogens with zero attached hydrogens (tertiary/aromatic N) is 5. The van der Waals surface area contributed by atoms with Crippen molar-refractivity contribution in [3.8, 4) is 5.75 Å². The Balaban J connectivity index is 1.52. The van der Waals surface area contributed by atoms with E-state index in [4.69, 9.17) is 4.74 Å². The van der Waals surface area contributed by atoms with Crippen molar-refractivity contribution in [2.45, 2.75) is 19.0 Å². The zero-order valence-electron chi connectivity index (χ0n) is 12.7. The third kappa shape index (κ3) is 2.75. The first kappa shape index (κ1) is 14.8. The van der Waals surface area contributed by atoms with Crippen LogP contribution in [-0.4, -0.2) is 39.0 Å². The van der Waals surface area contributed by atoms with Crippen molar-refractivity contribution in [1.82, 2.24) is 19.8 Å². The maximum Gasteiger partial charge on any atom is 0.299 e. The largest absolute Gasteiger partial charge is 0.489 e. The molecule has 1 fully saturated rings. The molecule has 6 nitrogen and oxygen atoms in total. The molecule has 1 aliphatic heterocycles. The Bertz CT molecular complexity index is 839. The molecule has 24 heavy (non-hydrogen) atoms. The molecule has 124 valence electrons. The van der Waals surface area contributed by atoms with Crippen molar-refractivity contribution in [1.29, 1.82) is 0 Å². The summed E-state index contributed by atoms with van der Waals surface area (Å²) in [5.41, 5.74) is 0.310. The highest BCUT2D eigenvalue weighted by atomic mass is 19.3. The Kier molecular flexibility index (Phi) is 3.72. The molecule has 0 radical (unpaired) electrons. The molecule has 2 aromatic heterocycles. The van der Waals surface area contributed by atoms with Gasteiger partial charge in [-0.15, -0.1) is 15.3 Å². The Morgan fingerprint density at radius 2 is 1.92 bits per heavy atom. The topological polar surface area (TPSA) is 55.5 Å². The molecular weight excluding hydrogens is 316 g/mol. The van der Waals surface area contributed by atoms with Gasteiger partial charge in [-0.05, 0) is 24.3 Å². The molecule has 4 rings (SSSR count). The summed E-state index contributed by atoms with van der Waals surface area (Å²) in [4.78, 5) is 2.02. The third-order valence-electron chi connectivity index (χ3n) is 3.98. The molecule has 0 amide bonds. The number of fused-ring (bicyclic) bond motifs is 1. The molecule has 0 aliphatic carbocycles. The number of hydrogen-bond acceptors (Lipinski definition) is 5. The van der Waals surface area contributed by atoms with Crippen molar-refractivity contribution >= 4 is 11.5 Å². The quantitative estimate of drug-likeness (QED) is 0.736. The highest BCUT2D eigenvalue weighted by molar-refractivity contribution is 5.46. The molecule has 1 saturated heterocycles. The standard InChI is InChI=1S/C16H15F2N5O/c17-15(18)16-20-19-13-6-7-14(21-23(13)16)22-9-8-12(10-22)24-11-4-2-1-3-5-11/h1-7,12,15H,8-10H2/t12-/m0/s1. The molecule has 1 atom stereocenters. The van der Waals surface area contributed by atoms with E-state index in [0.717, 1.165) is 23.2 Å². The predicted octanol–water partition coefficient (Wildman–Crippen LogP) is 2.72. The minimum Gasteiger partial charge on any atom is -0.489 e. The average molecular weight is 331 g/mol. The smallest absolute Gasteiger partial charge is 0.299 e. The van der Waals surface area contributed by atoms with Gasteiger partial charge in [0.25, 0.3) is 6.43 Å². The Morgan fingerprint density at radius 3 is 2.71 bits per heavy atom. The second kappa shape index (κ2) is 6.03. The predicted molar refractivity (Wildman–Crippen MR) is 83.4 cm³/mol. The SMILES string of the molecule is FC(F)c1nnc2ccc(N3CC[C@H](Oc4ccccc4)C3)nn12. The van der Waals surface area contributed by atoms with Gasteiger partial charge in [-0.1, -0.05) is 18.2 Å². The average Bonchev–Trinajstić information content (AvgIpc) is 3.21. The normalized spacial score (nSPS) is 17.8. The highest BCUT2D eigenvalue weighted by Gasteiger charge is 2.26. The summed E-state index contributed by atoms with van der Waals surface area (Å²) in [5.74, 6) is 0.998. The first-order chi connectivity index (χ1) is 11.7. The Labute approximate surface area is 136 Å². The molecular formula is C16H15F2N5O. The van der Waals surface area contributed by atoms with E-state index >= 15 is 0 Å². The lowest BCUT2D eigenvalue weighted by atomic mass is 10.3. The summed E-state index contributed by atoms with van der Waals surface area (Å²) in [6, 6.07) is 13.0. The summed E-state index contributed by atoms with van der Waals surface area (Å²) in [6.45, 7) is 1.40. The van der Waals surface area contributed by atoms with Crippen LogP contribution in [0.1, 0.15) is 18.7 Å². The van der Waals surface area contributed by atoms with Gasteiger partial charge >= 0.3 is 0 Å². The zero-order valence-corrected chi connectivity index (χ0v) is 12.7. The van der Waals surface area contributed by atoms with E-state index in [1.807, 2.05) is 35.2 Å². The van der Waals surface area contributed by atoms with Gasteiger partial charge in [-0.25, -0.2) is 8.78 Å². The lowest BCUT2D eigenvalue weighted by molar-refractivity contribution is 0.137. The van der Waals surface area contributed by atoms with Gasteiger partial charge in [0, 0.05) is 13.0 Å². The van der Waals surface area contributed by atoms with Crippen LogP contribution in [0.2, 0.25) is 0 Å². The van der Waals surface area contributed by atoms with Gasteiger partial charge in [0.05, 0.1) is 6.54 Å². The summed E-state index contributed by atoms with van der Waals surface area (Å²) in [5, 5.41) is 11.5. The summed E-state index contributed by atoms with van der Waals surface area (Å²) >= 11 is 0. The van der Waals surface area contributed by atoms with Crippen LogP contribution in [-0.2, 0) is 0 Å². The molecule has 8 heteroatoms. The van der Waals surface area contributed by atoms with Gasteiger partial charge < -0.3 is 9.64 Å².